The molecule has 1 heterocycles. The molecule has 0 saturated carbocycles. The normalized spacial score (nSPS) is 14.7. The molecule has 10 heteroatoms. The standard InChI is InChI=1S/C26H19Cl3N2O5/c1-2-35-23-13-15(4-10-22(23)36-14-16-3-9-20(28)21(29)12-16)11-19-24(32)30-26(34)31(25(19)33)18-7-5-17(27)6-8-18/h3-13H,2,14H2,1H3,(H,30,32,34)/b19-11+. The molecule has 1 aliphatic heterocycles. The number of nitrogens with zero attached hydrogens (tertiary/aromatic N) is 1. The van der Waals surface area contributed by atoms with Gasteiger partial charge >= 0.3 is 6.03 Å². The largest absolute Gasteiger partial charge is 0.490 e. The molecule has 1 fully saturated rings. The topological polar surface area (TPSA) is 84.9 Å². The van der Waals surface area contributed by atoms with E-state index in [9.17, 15) is 14.4 Å². The second-order valence-corrected chi connectivity index (χ2v) is 8.86. The van der Waals surface area contributed by atoms with E-state index in [0.717, 1.165) is 10.5 Å². The molecule has 184 valence electrons. The molecule has 1 saturated heterocycles. The molecule has 0 radical (unpaired) electrons. The van der Waals surface area contributed by atoms with Crippen molar-refractivity contribution < 1.29 is 23.9 Å². The van der Waals surface area contributed by atoms with Gasteiger partial charge in [-0.15, -0.1) is 0 Å². The van der Waals surface area contributed by atoms with Crippen LogP contribution in [0.15, 0.2) is 66.2 Å². The van der Waals surface area contributed by atoms with Crippen molar-refractivity contribution in [3.05, 3.63) is 92.4 Å². The van der Waals surface area contributed by atoms with Crippen LogP contribution in [0.5, 0.6) is 11.5 Å². The van der Waals surface area contributed by atoms with E-state index in [4.69, 9.17) is 44.3 Å². The van der Waals surface area contributed by atoms with E-state index >= 15 is 0 Å². The van der Waals surface area contributed by atoms with E-state index < -0.39 is 17.8 Å². The summed E-state index contributed by atoms with van der Waals surface area (Å²) in [4.78, 5) is 38.8. The molecule has 3 aromatic rings. The second-order valence-electron chi connectivity index (χ2n) is 7.61. The number of imide groups is 2. The zero-order valence-electron chi connectivity index (χ0n) is 18.9. The van der Waals surface area contributed by atoms with Crippen molar-refractivity contribution in [2.75, 3.05) is 11.5 Å². The Labute approximate surface area is 222 Å². The van der Waals surface area contributed by atoms with E-state index in [1.807, 2.05) is 6.92 Å². The molecule has 0 spiro atoms. The van der Waals surface area contributed by atoms with E-state index in [1.54, 1.807) is 48.5 Å². The Morgan fingerprint density at radius 1 is 0.861 bits per heavy atom. The first-order valence-corrected chi connectivity index (χ1v) is 11.9. The third-order valence-electron chi connectivity index (χ3n) is 5.14. The van der Waals surface area contributed by atoms with Crippen LogP contribution in [-0.2, 0) is 16.2 Å². The third-order valence-corrected chi connectivity index (χ3v) is 6.13. The molecular weight excluding hydrogens is 527 g/mol. The predicted octanol–water partition coefficient (Wildman–Crippen LogP) is 6.29. The number of anilines is 1. The molecule has 4 amide bonds. The first kappa shape index (κ1) is 25.6. The van der Waals surface area contributed by atoms with Gasteiger partial charge in [-0.3, -0.25) is 14.9 Å². The maximum absolute atomic E-state index is 13.1. The minimum atomic E-state index is -0.842. The monoisotopic (exact) mass is 544 g/mol. The van der Waals surface area contributed by atoms with Crippen LogP contribution in [0.25, 0.3) is 6.08 Å². The molecule has 3 aromatic carbocycles. The summed E-state index contributed by atoms with van der Waals surface area (Å²) in [5.74, 6) is -0.680. The number of rotatable bonds is 7. The Morgan fingerprint density at radius 3 is 2.31 bits per heavy atom. The minimum absolute atomic E-state index is 0.212. The smallest absolute Gasteiger partial charge is 0.335 e. The van der Waals surface area contributed by atoms with Gasteiger partial charge in [0.05, 0.1) is 22.3 Å². The Kier molecular flexibility index (Phi) is 7.84. The molecule has 1 N–H and O–H groups in total. The van der Waals surface area contributed by atoms with E-state index in [2.05, 4.69) is 5.32 Å². The first-order valence-electron chi connectivity index (χ1n) is 10.8. The number of urea groups is 1. The zero-order chi connectivity index (χ0) is 25.8. The molecule has 1 aliphatic rings. The van der Waals surface area contributed by atoms with E-state index in [0.29, 0.717) is 38.7 Å². The maximum atomic E-state index is 13.1. The predicted molar refractivity (Wildman–Crippen MR) is 139 cm³/mol. The van der Waals surface area contributed by atoms with Gasteiger partial charge in [-0.05, 0) is 72.7 Å². The maximum Gasteiger partial charge on any atom is 0.335 e. The highest BCUT2D eigenvalue weighted by Gasteiger charge is 2.36. The summed E-state index contributed by atoms with van der Waals surface area (Å²) < 4.78 is 11.6. The van der Waals surface area contributed by atoms with Crippen LogP contribution in [-0.4, -0.2) is 24.5 Å². The van der Waals surface area contributed by atoms with Gasteiger partial charge in [0, 0.05) is 5.02 Å². The number of hydrogen-bond acceptors (Lipinski definition) is 5. The average Bonchev–Trinajstić information content (AvgIpc) is 2.84. The fourth-order valence-electron chi connectivity index (χ4n) is 3.44. The molecule has 0 atom stereocenters. The molecule has 36 heavy (non-hydrogen) atoms. The van der Waals surface area contributed by atoms with Gasteiger partial charge in [0.15, 0.2) is 11.5 Å². The molecule has 7 nitrogen and oxygen atoms in total. The Hall–Kier alpha value is -3.52. The quantitative estimate of drug-likeness (QED) is 0.279. The summed E-state index contributed by atoms with van der Waals surface area (Å²) >= 11 is 17.9. The van der Waals surface area contributed by atoms with Crippen LogP contribution in [0, 0.1) is 0 Å². The Balaban J connectivity index is 1.60. The number of carbonyl (C=O) groups excluding carboxylic acids is 3. The van der Waals surface area contributed by atoms with E-state index in [1.165, 1.54) is 18.2 Å². The summed E-state index contributed by atoms with van der Waals surface area (Å²) in [7, 11) is 0. The number of ether oxygens (including phenoxy) is 2. The molecule has 0 bridgehead atoms. The van der Waals surface area contributed by atoms with Crippen molar-refractivity contribution in [2.45, 2.75) is 13.5 Å². The summed E-state index contributed by atoms with van der Waals surface area (Å²) in [5, 5.41) is 3.51. The molecule has 0 unspecified atom stereocenters. The number of barbiturate groups is 1. The number of amides is 4. The summed E-state index contributed by atoms with van der Waals surface area (Å²) in [6, 6.07) is 15.5. The average molecular weight is 546 g/mol. The third kappa shape index (κ3) is 5.65. The molecular formula is C26H19Cl3N2O5. The van der Waals surface area contributed by atoms with Crippen LogP contribution < -0.4 is 19.7 Å². The van der Waals surface area contributed by atoms with Gasteiger partial charge in [-0.2, -0.15) is 0 Å². The van der Waals surface area contributed by atoms with Crippen LogP contribution in [0.2, 0.25) is 15.1 Å². The van der Waals surface area contributed by atoms with Gasteiger partial charge in [0.25, 0.3) is 11.8 Å². The number of hydrogen-bond donors (Lipinski definition) is 1. The lowest BCUT2D eigenvalue weighted by Crippen LogP contribution is -2.54. The number of benzene rings is 3. The van der Waals surface area contributed by atoms with Gasteiger partial charge < -0.3 is 9.47 Å². The summed E-state index contributed by atoms with van der Waals surface area (Å²) in [5.41, 5.74) is 1.39. The van der Waals surface area contributed by atoms with Gasteiger partial charge in [-0.1, -0.05) is 46.9 Å². The van der Waals surface area contributed by atoms with Crippen molar-refractivity contribution in [2.24, 2.45) is 0 Å². The lowest BCUT2D eigenvalue weighted by molar-refractivity contribution is -0.122. The highest BCUT2D eigenvalue weighted by molar-refractivity contribution is 6.42. The van der Waals surface area contributed by atoms with Gasteiger partial charge in [-0.25, -0.2) is 9.69 Å². The molecule has 4 rings (SSSR count). The van der Waals surface area contributed by atoms with Gasteiger partial charge in [0.1, 0.15) is 12.2 Å². The van der Waals surface area contributed by atoms with Crippen molar-refractivity contribution in [3.63, 3.8) is 0 Å². The van der Waals surface area contributed by atoms with Crippen molar-refractivity contribution >= 4 is 64.4 Å². The van der Waals surface area contributed by atoms with E-state index in [-0.39, 0.29) is 17.9 Å². The first-order chi connectivity index (χ1) is 17.3. The highest BCUT2D eigenvalue weighted by atomic mass is 35.5. The fraction of sp³-hybridized carbons (Fsp3) is 0.115. The molecule has 0 aromatic heterocycles. The van der Waals surface area contributed by atoms with Crippen molar-refractivity contribution in [3.8, 4) is 11.5 Å². The fourth-order valence-corrected chi connectivity index (χ4v) is 3.89. The highest BCUT2D eigenvalue weighted by Crippen LogP contribution is 2.32. The number of nitrogens with one attached hydrogen (secondary N) is 1. The second kappa shape index (κ2) is 11.0. The van der Waals surface area contributed by atoms with Crippen molar-refractivity contribution in [1.82, 2.24) is 5.32 Å². The van der Waals surface area contributed by atoms with Crippen LogP contribution >= 0.6 is 34.8 Å². The van der Waals surface area contributed by atoms with Gasteiger partial charge in [0.2, 0.25) is 0 Å². The summed E-state index contributed by atoms with van der Waals surface area (Å²) in [6.07, 6.45) is 1.39. The van der Waals surface area contributed by atoms with Crippen LogP contribution in [0.4, 0.5) is 10.5 Å². The zero-order valence-corrected chi connectivity index (χ0v) is 21.2. The lowest BCUT2D eigenvalue weighted by Gasteiger charge is -2.26. The summed E-state index contributed by atoms with van der Waals surface area (Å²) in [6.45, 7) is 2.40. The van der Waals surface area contributed by atoms with Crippen LogP contribution in [0.1, 0.15) is 18.1 Å². The van der Waals surface area contributed by atoms with Crippen molar-refractivity contribution in [1.29, 1.82) is 0 Å². The van der Waals surface area contributed by atoms with Crippen LogP contribution in [0.3, 0.4) is 0 Å². The Morgan fingerprint density at radius 2 is 1.61 bits per heavy atom. The molecule has 0 aliphatic carbocycles. The lowest BCUT2D eigenvalue weighted by atomic mass is 10.1. The number of carbonyl (C=O) groups is 3. The Bertz CT molecular complexity index is 1370. The minimum Gasteiger partial charge on any atom is -0.490 e. The number of halogens is 3. The SMILES string of the molecule is CCOc1cc(/C=C2\C(=O)NC(=O)N(c3ccc(Cl)cc3)C2=O)ccc1OCc1ccc(Cl)c(Cl)c1.